The molecular formula is C52H31N5S. The first-order chi connectivity index (χ1) is 28.8. The summed E-state index contributed by atoms with van der Waals surface area (Å²) in [6.45, 7) is 0. The van der Waals surface area contributed by atoms with E-state index in [2.05, 4.69) is 193 Å². The van der Waals surface area contributed by atoms with Gasteiger partial charge in [-0.1, -0.05) is 152 Å². The van der Waals surface area contributed by atoms with Crippen molar-refractivity contribution in [3.05, 3.63) is 188 Å². The van der Waals surface area contributed by atoms with Gasteiger partial charge in [0.15, 0.2) is 17.5 Å². The summed E-state index contributed by atoms with van der Waals surface area (Å²) in [7, 11) is 0. The fraction of sp³-hybridized carbons (Fsp3) is 0. The highest BCUT2D eigenvalue weighted by molar-refractivity contribution is 7.27. The monoisotopic (exact) mass is 757 g/mol. The maximum Gasteiger partial charge on any atom is 0.164 e. The van der Waals surface area contributed by atoms with Crippen LogP contribution in [-0.2, 0) is 0 Å². The Morgan fingerprint density at radius 2 is 0.931 bits per heavy atom. The van der Waals surface area contributed by atoms with E-state index in [-0.39, 0.29) is 0 Å². The van der Waals surface area contributed by atoms with Crippen LogP contribution < -0.4 is 0 Å². The van der Waals surface area contributed by atoms with Crippen LogP contribution in [0.2, 0.25) is 0 Å². The van der Waals surface area contributed by atoms with Crippen molar-refractivity contribution in [1.82, 2.24) is 24.5 Å². The Bertz CT molecular complexity index is 3460. The molecule has 12 aromatic rings. The summed E-state index contributed by atoms with van der Waals surface area (Å²) in [6, 6.07) is 65.9. The first-order valence-corrected chi connectivity index (χ1v) is 20.2. The summed E-state index contributed by atoms with van der Waals surface area (Å²) >= 11 is 1.86. The van der Waals surface area contributed by atoms with Gasteiger partial charge >= 0.3 is 0 Å². The molecule has 0 aliphatic rings. The zero-order chi connectivity index (χ0) is 38.2. The molecule has 0 fully saturated rings. The quantitative estimate of drug-likeness (QED) is 0.175. The molecule has 4 heterocycles. The molecule has 270 valence electrons. The van der Waals surface area contributed by atoms with E-state index in [0.29, 0.717) is 17.5 Å². The minimum atomic E-state index is 0.623. The highest BCUT2D eigenvalue weighted by atomic mass is 32.1. The Hall–Kier alpha value is -7.54. The minimum Gasteiger partial charge on any atom is -0.308 e. The Labute approximate surface area is 337 Å². The highest BCUT2D eigenvalue weighted by Gasteiger charge is 2.23. The molecule has 0 saturated heterocycles. The first-order valence-electron chi connectivity index (χ1n) is 19.4. The smallest absolute Gasteiger partial charge is 0.164 e. The van der Waals surface area contributed by atoms with Crippen molar-refractivity contribution in [2.24, 2.45) is 0 Å². The SMILES string of the molecule is c1ccc(-c2nc3ccccc3c3sc4c5ccccc5n(-c5ccc(-c6nc(-c7cccc8ccccc78)nc(-c7cccc8ccccc78)n6)cc5)c4c23)cc1. The van der Waals surface area contributed by atoms with Gasteiger partial charge in [-0.2, -0.15) is 0 Å². The molecule has 5 nitrogen and oxygen atoms in total. The van der Waals surface area contributed by atoms with Gasteiger partial charge in [-0.05, 0) is 57.9 Å². The summed E-state index contributed by atoms with van der Waals surface area (Å²) < 4.78 is 4.91. The largest absolute Gasteiger partial charge is 0.308 e. The minimum absolute atomic E-state index is 0.623. The Morgan fingerprint density at radius 1 is 0.379 bits per heavy atom. The molecular weight excluding hydrogens is 727 g/mol. The van der Waals surface area contributed by atoms with Gasteiger partial charge in [-0.3, -0.25) is 0 Å². The van der Waals surface area contributed by atoms with Crippen molar-refractivity contribution in [3.8, 4) is 51.1 Å². The first kappa shape index (κ1) is 32.7. The van der Waals surface area contributed by atoms with E-state index in [1.54, 1.807) is 0 Å². The van der Waals surface area contributed by atoms with Crippen LogP contribution in [0.15, 0.2) is 188 Å². The third kappa shape index (κ3) is 5.09. The van der Waals surface area contributed by atoms with Gasteiger partial charge < -0.3 is 4.57 Å². The number of fused-ring (bicyclic) bond motifs is 9. The molecule has 0 bridgehead atoms. The molecule has 8 aromatic carbocycles. The number of nitrogens with zero attached hydrogens (tertiary/aromatic N) is 5. The van der Waals surface area contributed by atoms with Crippen LogP contribution in [0.5, 0.6) is 0 Å². The maximum absolute atomic E-state index is 5.33. The van der Waals surface area contributed by atoms with Crippen molar-refractivity contribution in [2.45, 2.75) is 0 Å². The molecule has 58 heavy (non-hydrogen) atoms. The predicted molar refractivity (Wildman–Crippen MR) is 242 cm³/mol. The van der Waals surface area contributed by atoms with Crippen LogP contribution >= 0.6 is 11.3 Å². The molecule has 0 atom stereocenters. The topological polar surface area (TPSA) is 56.5 Å². The van der Waals surface area contributed by atoms with E-state index >= 15 is 0 Å². The summed E-state index contributed by atoms with van der Waals surface area (Å²) in [5.41, 5.74) is 9.33. The number of aromatic nitrogens is 5. The van der Waals surface area contributed by atoms with Crippen molar-refractivity contribution in [2.75, 3.05) is 0 Å². The number of hydrogen-bond acceptors (Lipinski definition) is 5. The number of hydrogen-bond donors (Lipinski definition) is 0. The van der Waals surface area contributed by atoms with E-state index in [0.717, 1.165) is 66.2 Å². The molecule has 0 aliphatic carbocycles. The summed E-state index contributed by atoms with van der Waals surface area (Å²) in [6.07, 6.45) is 0. The molecule has 0 spiro atoms. The van der Waals surface area contributed by atoms with Gasteiger partial charge in [0.1, 0.15) is 0 Å². The molecule has 0 unspecified atom stereocenters. The molecule has 0 amide bonds. The lowest BCUT2D eigenvalue weighted by atomic mass is 10.0. The van der Waals surface area contributed by atoms with Crippen molar-refractivity contribution in [3.63, 3.8) is 0 Å². The Balaban J connectivity index is 1.08. The van der Waals surface area contributed by atoms with Crippen molar-refractivity contribution < 1.29 is 0 Å². The summed E-state index contributed by atoms with van der Waals surface area (Å²) in [4.78, 5) is 20.9. The molecule has 0 saturated carbocycles. The molecule has 12 rings (SSSR count). The average Bonchev–Trinajstić information content (AvgIpc) is 3.84. The number of rotatable bonds is 5. The Kier molecular flexibility index (Phi) is 7.33. The van der Waals surface area contributed by atoms with Gasteiger partial charge in [0, 0.05) is 48.8 Å². The maximum atomic E-state index is 5.33. The van der Waals surface area contributed by atoms with Crippen LogP contribution in [-0.4, -0.2) is 24.5 Å². The normalized spacial score (nSPS) is 11.8. The third-order valence-electron chi connectivity index (χ3n) is 11.2. The van der Waals surface area contributed by atoms with Crippen molar-refractivity contribution >= 4 is 75.0 Å². The fourth-order valence-corrected chi connectivity index (χ4v) is 9.92. The van der Waals surface area contributed by atoms with E-state index in [9.17, 15) is 0 Å². The highest BCUT2D eigenvalue weighted by Crippen LogP contribution is 2.47. The zero-order valence-electron chi connectivity index (χ0n) is 31.0. The molecule has 0 N–H and O–H groups in total. The lowest BCUT2D eigenvalue weighted by Gasteiger charge is -2.13. The van der Waals surface area contributed by atoms with Crippen LogP contribution in [0, 0.1) is 0 Å². The fourth-order valence-electron chi connectivity index (χ4n) is 8.57. The lowest BCUT2D eigenvalue weighted by Crippen LogP contribution is -2.01. The van der Waals surface area contributed by atoms with Gasteiger partial charge in [-0.15, -0.1) is 11.3 Å². The zero-order valence-corrected chi connectivity index (χ0v) is 31.9. The van der Waals surface area contributed by atoms with Gasteiger partial charge in [0.25, 0.3) is 0 Å². The van der Waals surface area contributed by atoms with E-state index < -0.39 is 0 Å². The van der Waals surface area contributed by atoms with Crippen LogP contribution in [0.1, 0.15) is 0 Å². The van der Waals surface area contributed by atoms with E-state index in [1.807, 2.05) is 11.3 Å². The number of pyridine rings is 1. The van der Waals surface area contributed by atoms with Crippen molar-refractivity contribution in [1.29, 1.82) is 0 Å². The number of benzene rings is 8. The Morgan fingerprint density at radius 3 is 1.62 bits per heavy atom. The average molecular weight is 758 g/mol. The lowest BCUT2D eigenvalue weighted by molar-refractivity contribution is 1.08. The van der Waals surface area contributed by atoms with Gasteiger partial charge in [-0.25, -0.2) is 19.9 Å². The summed E-state index contributed by atoms with van der Waals surface area (Å²) in [5, 5.41) is 8.05. The number of thiophene rings is 1. The second-order valence-electron chi connectivity index (χ2n) is 14.6. The van der Waals surface area contributed by atoms with E-state index in [1.165, 1.54) is 31.1 Å². The van der Waals surface area contributed by atoms with Gasteiger partial charge in [0.05, 0.1) is 26.9 Å². The van der Waals surface area contributed by atoms with Crippen LogP contribution in [0.3, 0.4) is 0 Å². The molecule has 0 radical (unpaired) electrons. The second-order valence-corrected chi connectivity index (χ2v) is 15.6. The second kappa shape index (κ2) is 13.0. The van der Waals surface area contributed by atoms with Crippen LogP contribution in [0.25, 0.3) is 115 Å². The standard InChI is InChI=1S/C52H31N5S/c1-2-16-34(17-3-1)46-45-47-49(58-48(45)41-22-8-10-26-43(41)53-46)42-23-9-11-27-44(42)57(47)36-30-28-35(29-31-36)50-54-51(39-24-12-18-32-14-4-6-20-37(32)39)56-52(55-50)40-25-13-19-33-15-5-7-21-38(33)40/h1-31H. The molecule has 4 aromatic heterocycles. The number of para-hydroxylation sites is 2. The summed E-state index contributed by atoms with van der Waals surface area (Å²) in [5.74, 6) is 1.91. The van der Waals surface area contributed by atoms with Gasteiger partial charge in [0.2, 0.25) is 0 Å². The van der Waals surface area contributed by atoms with Crippen LogP contribution in [0.4, 0.5) is 0 Å². The third-order valence-corrected chi connectivity index (χ3v) is 12.5. The van der Waals surface area contributed by atoms with E-state index in [4.69, 9.17) is 19.9 Å². The molecule has 6 heteroatoms. The predicted octanol–water partition coefficient (Wildman–Crippen LogP) is 13.7. The molecule has 0 aliphatic heterocycles.